The van der Waals surface area contributed by atoms with Gasteiger partial charge in [-0.05, 0) is 29.7 Å². The standard InChI is InChI=1S/C18H14ClNO3/c19-13-8-9-16(21)15(10-13)20-18(22)11-23-17-7-3-5-12-4-1-2-6-14(12)17/h1-10,21H,11H2,(H,20,22). The van der Waals surface area contributed by atoms with E-state index >= 15 is 0 Å². The smallest absolute Gasteiger partial charge is 0.262 e. The van der Waals surface area contributed by atoms with E-state index in [2.05, 4.69) is 5.32 Å². The van der Waals surface area contributed by atoms with Crippen LogP contribution in [0.3, 0.4) is 0 Å². The molecule has 3 aromatic rings. The third-order valence-corrected chi connectivity index (χ3v) is 3.58. The van der Waals surface area contributed by atoms with Crippen LogP contribution in [0.15, 0.2) is 60.7 Å². The van der Waals surface area contributed by atoms with E-state index in [0.717, 1.165) is 10.8 Å². The number of phenols is 1. The topological polar surface area (TPSA) is 58.6 Å². The molecule has 2 N–H and O–H groups in total. The minimum absolute atomic E-state index is 0.0482. The molecule has 0 fully saturated rings. The van der Waals surface area contributed by atoms with E-state index < -0.39 is 0 Å². The summed E-state index contributed by atoms with van der Waals surface area (Å²) in [4.78, 5) is 12.0. The van der Waals surface area contributed by atoms with Gasteiger partial charge < -0.3 is 15.2 Å². The molecule has 0 atom stereocenters. The minimum Gasteiger partial charge on any atom is -0.506 e. The number of carbonyl (C=O) groups excluding carboxylic acids is 1. The number of phenolic OH excluding ortho intramolecular Hbond substituents is 1. The van der Waals surface area contributed by atoms with Crippen LogP contribution in [0, 0.1) is 0 Å². The highest BCUT2D eigenvalue weighted by atomic mass is 35.5. The van der Waals surface area contributed by atoms with Crippen molar-refractivity contribution in [3.63, 3.8) is 0 Å². The van der Waals surface area contributed by atoms with Crippen molar-refractivity contribution < 1.29 is 14.6 Å². The zero-order valence-electron chi connectivity index (χ0n) is 12.1. The number of nitrogens with one attached hydrogen (secondary N) is 1. The SMILES string of the molecule is O=C(COc1cccc2ccccc12)Nc1cc(Cl)ccc1O. The normalized spacial score (nSPS) is 10.5. The summed E-state index contributed by atoms with van der Waals surface area (Å²) in [6, 6.07) is 17.9. The summed E-state index contributed by atoms with van der Waals surface area (Å²) < 4.78 is 5.60. The molecule has 0 unspecified atom stereocenters. The number of rotatable bonds is 4. The molecular weight excluding hydrogens is 314 g/mol. The summed E-state index contributed by atoms with van der Waals surface area (Å²) in [5.74, 6) is 0.206. The lowest BCUT2D eigenvalue weighted by molar-refractivity contribution is -0.118. The van der Waals surface area contributed by atoms with Crippen LogP contribution in [0.2, 0.25) is 5.02 Å². The number of fused-ring (bicyclic) bond motifs is 1. The fourth-order valence-corrected chi connectivity index (χ4v) is 2.43. The van der Waals surface area contributed by atoms with Crippen molar-refractivity contribution >= 4 is 34.0 Å². The van der Waals surface area contributed by atoms with Crippen molar-refractivity contribution in [1.82, 2.24) is 0 Å². The lowest BCUT2D eigenvalue weighted by atomic mass is 10.1. The van der Waals surface area contributed by atoms with Crippen molar-refractivity contribution in [1.29, 1.82) is 0 Å². The van der Waals surface area contributed by atoms with Crippen LogP contribution in [0.4, 0.5) is 5.69 Å². The number of hydrogen-bond donors (Lipinski definition) is 2. The van der Waals surface area contributed by atoms with E-state index in [1.807, 2.05) is 42.5 Å². The Morgan fingerprint density at radius 1 is 1.09 bits per heavy atom. The second kappa shape index (κ2) is 6.58. The van der Waals surface area contributed by atoms with E-state index in [0.29, 0.717) is 10.8 Å². The molecule has 0 aliphatic rings. The maximum absolute atomic E-state index is 12.0. The minimum atomic E-state index is -0.379. The molecule has 0 heterocycles. The summed E-state index contributed by atoms with van der Waals surface area (Å²) in [6.45, 7) is -0.167. The van der Waals surface area contributed by atoms with Gasteiger partial charge in [-0.25, -0.2) is 0 Å². The van der Waals surface area contributed by atoms with Crippen LogP contribution in [-0.2, 0) is 4.79 Å². The first-order valence-corrected chi connectivity index (χ1v) is 7.40. The monoisotopic (exact) mass is 327 g/mol. The van der Waals surface area contributed by atoms with Gasteiger partial charge in [0.1, 0.15) is 11.5 Å². The molecule has 0 aliphatic carbocycles. The fraction of sp³-hybridized carbons (Fsp3) is 0.0556. The Kier molecular flexibility index (Phi) is 4.35. The third kappa shape index (κ3) is 3.55. The maximum Gasteiger partial charge on any atom is 0.262 e. The number of carbonyl (C=O) groups is 1. The van der Waals surface area contributed by atoms with Gasteiger partial charge in [-0.3, -0.25) is 4.79 Å². The van der Waals surface area contributed by atoms with Crippen LogP contribution in [0.1, 0.15) is 0 Å². The zero-order valence-corrected chi connectivity index (χ0v) is 12.9. The van der Waals surface area contributed by atoms with E-state index in [4.69, 9.17) is 16.3 Å². The van der Waals surface area contributed by atoms with Crippen LogP contribution in [-0.4, -0.2) is 17.6 Å². The highest BCUT2D eigenvalue weighted by Crippen LogP contribution is 2.27. The highest BCUT2D eigenvalue weighted by molar-refractivity contribution is 6.31. The molecule has 3 aromatic carbocycles. The van der Waals surface area contributed by atoms with Crippen LogP contribution < -0.4 is 10.1 Å². The Labute approximate surface area is 138 Å². The van der Waals surface area contributed by atoms with Crippen molar-refractivity contribution in [2.75, 3.05) is 11.9 Å². The van der Waals surface area contributed by atoms with Gasteiger partial charge in [-0.15, -0.1) is 0 Å². The van der Waals surface area contributed by atoms with Crippen molar-refractivity contribution in [3.05, 3.63) is 65.7 Å². The zero-order chi connectivity index (χ0) is 16.2. The van der Waals surface area contributed by atoms with Crippen molar-refractivity contribution in [2.24, 2.45) is 0 Å². The molecular formula is C18H14ClNO3. The van der Waals surface area contributed by atoms with E-state index in [1.165, 1.54) is 12.1 Å². The van der Waals surface area contributed by atoms with Gasteiger partial charge in [-0.1, -0.05) is 48.0 Å². The first-order valence-electron chi connectivity index (χ1n) is 7.02. The van der Waals surface area contributed by atoms with Gasteiger partial charge in [0.05, 0.1) is 5.69 Å². The van der Waals surface area contributed by atoms with Crippen LogP contribution in [0.25, 0.3) is 10.8 Å². The Morgan fingerprint density at radius 3 is 2.74 bits per heavy atom. The molecule has 116 valence electrons. The molecule has 0 radical (unpaired) electrons. The largest absolute Gasteiger partial charge is 0.506 e. The average Bonchev–Trinajstić information content (AvgIpc) is 2.56. The van der Waals surface area contributed by atoms with Gasteiger partial charge in [0, 0.05) is 10.4 Å². The lowest BCUT2D eigenvalue weighted by Crippen LogP contribution is -2.20. The third-order valence-electron chi connectivity index (χ3n) is 3.34. The number of anilines is 1. The molecule has 0 saturated heterocycles. The number of benzene rings is 3. The number of amides is 1. The molecule has 0 aliphatic heterocycles. The Balaban J connectivity index is 1.70. The predicted molar refractivity (Wildman–Crippen MR) is 91.2 cm³/mol. The first kappa shape index (κ1) is 15.2. The molecule has 3 rings (SSSR count). The van der Waals surface area contributed by atoms with Gasteiger partial charge in [0.25, 0.3) is 5.91 Å². The highest BCUT2D eigenvalue weighted by Gasteiger charge is 2.09. The molecule has 5 heteroatoms. The second-order valence-electron chi connectivity index (χ2n) is 4.98. The molecule has 0 spiro atoms. The van der Waals surface area contributed by atoms with E-state index in [-0.39, 0.29) is 24.0 Å². The lowest BCUT2D eigenvalue weighted by Gasteiger charge is -2.10. The molecule has 4 nitrogen and oxygen atoms in total. The second-order valence-corrected chi connectivity index (χ2v) is 5.41. The average molecular weight is 328 g/mol. The molecule has 0 bridgehead atoms. The van der Waals surface area contributed by atoms with E-state index in [1.54, 1.807) is 6.07 Å². The van der Waals surface area contributed by atoms with Crippen LogP contribution >= 0.6 is 11.6 Å². The van der Waals surface area contributed by atoms with Gasteiger partial charge in [-0.2, -0.15) is 0 Å². The molecule has 0 aromatic heterocycles. The number of halogens is 1. The number of hydrogen-bond acceptors (Lipinski definition) is 3. The first-order chi connectivity index (χ1) is 11.1. The fourth-order valence-electron chi connectivity index (χ4n) is 2.26. The van der Waals surface area contributed by atoms with E-state index in [9.17, 15) is 9.90 Å². The summed E-state index contributed by atoms with van der Waals surface area (Å²) in [5.41, 5.74) is 0.254. The Bertz CT molecular complexity index is 859. The summed E-state index contributed by atoms with van der Waals surface area (Å²) >= 11 is 5.84. The summed E-state index contributed by atoms with van der Waals surface area (Å²) in [7, 11) is 0. The quantitative estimate of drug-likeness (QED) is 0.705. The Hall–Kier alpha value is -2.72. The van der Waals surface area contributed by atoms with Crippen molar-refractivity contribution in [3.8, 4) is 11.5 Å². The molecule has 0 saturated carbocycles. The number of aromatic hydroxyl groups is 1. The number of ether oxygens (including phenoxy) is 1. The van der Waals surface area contributed by atoms with Gasteiger partial charge in [0.15, 0.2) is 6.61 Å². The molecule has 23 heavy (non-hydrogen) atoms. The molecule has 1 amide bonds. The van der Waals surface area contributed by atoms with Crippen LogP contribution in [0.5, 0.6) is 11.5 Å². The van der Waals surface area contributed by atoms with Gasteiger partial charge >= 0.3 is 0 Å². The van der Waals surface area contributed by atoms with Crippen molar-refractivity contribution in [2.45, 2.75) is 0 Å². The van der Waals surface area contributed by atoms with Gasteiger partial charge in [0.2, 0.25) is 0 Å². The predicted octanol–water partition coefficient (Wildman–Crippen LogP) is 4.22. The maximum atomic E-state index is 12.0. The summed E-state index contributed by atoms with van der Waals surface area (Å²) in [6.07, 6.45) is 0. The summed E-state index contributed by atoms with van der Waals surface area (Å²) in [5, 5.41) is 14.7. The Morgan fingerprint density at radius 2 is 1.87 bits per heavy atom.